The van der Waals surface area contributed by atoms with E-state index in [-0.39, 0.29) is 11.5 Å². The number of allylic oxidation sites excluding steroid dienone is 2. The van der Waals surface area contributed by atoms with E-state index in [2.05, 4.69) is 15.4 Å². The molecule has 2 aromatic carbocycles. The van der Waals surface area contributed by atoms with Gasteiger partial charge in [0.15, 0.2) is 5.78 Å². The number of ether oxygens (including phenoxy) is 1. The van der Waals surface area contributed by atoms with E-state index in [1.54, 1.807) is 24.3 Å². The Hall–Kier alpha value is -3.33. The highest BCUT2D eigenvalue weighted by molar-refractivity contribution is 6.30. The van der Waals surface area contributed by atoms with Gasteiger partial charge in [0, 0.05) is 10.6 Å². The predicted molar refractivity (Wildman–Crippen MR) is 104 cm³/mol. The second-order valence-corrected chi connectivity index (χ2v) is 6.89. The molecule has 10 heteroatoms. The fourth-order valence-electron chi connectivity index (χ4n) is 3.28. The summed E-state index contributed by atoms with van der Waals surface area (Å²) in [5, 5.41) is 6.64. The third-order valence-corrected chi connectivity index (χ3v) is 4.92. The van der Waals surface area contributed by atoms with Gasteiger partial charge < -0.3 is 10.1 Å². The number of ketones is 1. The molecule has 0 aliphatic carbocycles. The monoisotopic (exact) mass is 434 g/mol. The average Bonchev–Trinajstić information content (AvgIpc) is 3.20. The number of hydrogen-bond donors (Lipinski definition) is 1. The number of anilines is 1. The normalized spacial score (nSPS) is 16.1. The van der Waals surface area contributed by atoms with Crippen LogP contribution in [0.15, 0.2) is 66.1 Å². The third-order valence-electron chi connectivity index (χ3n) is 4.66. The Labute approximate surface area is 173 Å². The van der Waals surface area contributed by atoms with Crippen LogP contribution in [-0.4, -0.2) is 33.8 Å². The van der Waals surface area contributed by atoms with Crippen LogP contribution >= 0.6 is 11.6 Å². The molecule has 0 bridgehead atoms. The van der Waals surface area contributed by atoms with E-state index in [1.165, 1.54) is 36.1 Å². The molecule has 0 spiro atoms. The number of carbonyl (C=O) groups excluding carboxylic acids is 1. The van der Waals surface area contributed by atoms with Crippen LogP contribution in [0.4, 0.5) is 19.1 Å². The van der Waals surface area contributed by atoms with Gasteiger partial charge >= 0.3 is 6.18 Å². The number of fused-ring (bicyclic) bond motifs is 1. The van der Waals surface area contributed by atoms with Gasteiger partial charge in [0.2, 0.25) is 5.95 Å². The molecule has 3 aromatic rings. The first-order valence-corrected chi connectivity index (χ1v) is 9.09. The van der Waals surface area contributed by atoms with E-state index in [4.69, 9.17) is 16.3 Å². The number of carbonyl (C=O) groups is 1. The number of nitrogens with zero attached hydrogens (tertiary/aromatic N) is 3. The first-order valence-electron chi connectivity index (χ1n) is 8.71. The molecule has 0 unspecified atom stereocenters. The van der Waals surface area contributed by atoms with Gasteiger partial charge in [-0.3, -0.25) is 4.79 Å². The van der Waals surface area contributed by atoms with Gasteiger partial charge in [-0.1, -0.05) is 23.7 Å². The number of nitrogens with one attached hydrogen (secondary N) is 1. The number of Topliss-reactive ketones (excluding diaryl/α,β-unsaturated/α-hetero) is 1. The standard InChI is InChI=1S/C20H14ClF3N4O2/c1-30-14-8-4-11(5-9-14)16-15(17(29)12-2-6-13(21)7-3-12)18(20(22,23)24)27-19-25-10-26-28(16)19/h2-10,16H,1H3,(H,25,26,27)/t16-/m1/s1. The van der Waals surface area contributed by atoms with E-state index >= 15 is 0 Å². The highest BCUT2D eigenvalue weighted by Gasteiger charge is 2.45. The van der Waals surface area contributed by atoms with Gasteiger partial charge in [-0.2, -0.15) is 23.3 Å². The summed E-state index contributed by atoms with van der Waals surface area (Å²) in [5.41, 5.74) is -1.18. The van der Waals surface area contributed by atoms with Crippen LogP contribution < -0.4 is 10.1 Å². The fraction of sp³-hybridized carbons (Fsp3) is 0.150. The third kappa shape index (κ3) is 3.52. The van der Waals surface area contributed by atoms with E-state index in [9.17, 15) is 18.0 Å². The topological polar surface area (TPSA) is 69.0 Å². The summed E-state index contributed by atoms with van der Waals surface area (Å²) in [6.07, 6.45) is -3.69. The first-order chi connectivity index (χ1) is 14.3. The SMILES string of the molecule is COc1ccc([C@@H]2C(C(=O)c3ccc(Cl)cc3)=C(C(F)(F)F)Nc3ncnn32)cc1. The summed E-state index contributed by atoms with van der Waals surface area (Å²) in [6.45, 7) is 0. The smallest absolute Gasteiger partial charge is 0.431 e. The summed E-state index contributed by atoms with van der Waals surface area (Å²) in [5.74, 6) is -0.388. The summed E-state index contributed by atoms with van der Waals surface area (Å²) in [4.78, 5) is 17.1. The highest BCUT2D eigenvalue weighted by Crippen LogP contribution is 2.42. The van der Waals surface area contributed by atoms with Gasteiger partial charge in [0.25, 0.3) is 0 Å². The summed E-state index contributed by atoms with van der Waals surface area (Å²) in [7, 11) is 1.48. The van der Waals surface area contributed by atoms with E-state index in [0.29, 0.717) is 16.3 Å². The van der Waals surface area contributed by atoms with Crippen molar-refractivity contribution in [1.29, 1.82) is 0 Å². The average molecular weight is 435 g/mol. The number of halogens is 4. The number of hydrogen-bond acceptors (Lipinski definition) is 5. The summed E-state index contributed by atoms with van der Waals surface area (Å²) < 4.78 is 48.3. The number of benzene rings is 2. The minimum Gasteiger partial charge on any atom is -0.497 e. The molecular weight excluding hydrogens is 421 g/mol. The number of aromatic nitrogens is 3. The molecule has 2 heterocycles. The van der Waals surface area contributed by atoms with Crippen molar-refractivity contribution in [3.8, 4) is 5.75 Å². The molecular formula is C20H14ClF3N4O2. The second kappa shape index (κ2) is 7.49. The van der Waals surface area contributed by atoms with Gasteiger partial charge in [-0.25, -0.2) is 4.68 Å². The van der Waals surface area contributed by atoms with Crippen LogP contribution in [0.2, 0.25) is 5.02 Å². The molecule has 0 amide bonds. The van der Waals surface area contributed by atoms with Gasteiger partial charge in [-0.15, -0.1) is 0 Å². The molecule has 6 nitrogen and oxygen atoms in total. The van der Waals surface area contributed by atoms with Crippen molar-refractivity contribution in [3.05, 3.63) is 82.3 Å². The Morgan fingerprint density at radius 1 is 1.13 bits per heavy atom. The largest absolute Gasteiger partial charge is 0.497 e. The summed E-state index contributed by atoms with van der Waals surface area (Å²) in [6, 6.07) is 10.9. The number of rotatable bonds is 4. The lowest BCUT2D eigenvalue weighted by molar-refractivity contribution is -0.0918. The Morgan fingerprint density at radius 3 is 2.40 bits per heavy atom. The van der Waals surface area contributed by atoms with Gasteiger partial charge in [0.1, 0.15) is 23.8 Å². The molecule has 4 rings (SSSR count). The molecule has 0 fully saturated rings. The Morgan fingerprint density at radius 2 is 1.80 bits per heavy atom. The van der Waals surface area contributed by atoms with Crippen LogP contribution in [0.25, 0.3) is 0 Å². The lowest BCUT2D eigenvalue weighted by Gasteiger charge is -2.30. The van der Waals surface area contributed by atoms with Crippen LogP contribution in [-0.2, 0) is 0 Å². The lowest BCUT2D eigenvalue weighted by atomic mass is 9.89. The Bertz CT molecular complexity index is 1120. The van der Waals surface area contributed by atoms with E-state index in [1.807, 2.05) is 0 Å². The molecule has 0 saturated heterocycles. The maximum Gasteiger partial charge on any atom is 0.431 e. The molecule has 1 aromatic heterocycles. The zero-order valence-electron chi connectivity index (χ0n) is 15.4. The van der Waals surface area contributed by atoms with Crippen LogP contribution in [0.1, 0.15) is 22.0 Å². The Balaban J connectivity index is 1.94. The van der Waals surface area contributed by atoms with Crippen LogP contribution in [0.5, 0.6) is 5.75 Å². The molecule has 1 N–H and O–H groups in total. The van der Waals surface area contributed by atoms with Crippen molar-refractivity contribution >= 4 is 23.3 Å². The van der Waals surface area contributed by atoms with Crippen molar-refractivity contribution in [2.75, 3.05) is 12.4 Å². The molecule has 154 valence electrons. The lowest BCUT2D eigenvalue weighted by Crippen LogP contribution is -2.35. The van der Waals surface area contributed by atoms with Crippen molar-refractivity contribution in [3.63, 3.8) is 0 Å². The number of methoxy groups -OCH3 is 1. The van der Waals surface area contributed by atoms with Gasteiger partial charge in [0.05, 0.1) is 12.7 Å². The van der Waals surface area contributed by atoms with Crippen molar-refractivity contribution in [1.82, 2.24) is 14.8 Å². The van der Waals surface area contributed by atoms with Crippen molar-refractivity contribution in [2.24, 2.45) is 0 Å². The zero-order chi connectivity index (χ0) is 21.5. The molecule has 30 heavy (non-hydrogen) atoms. The molecule has 1 aliphatic heterocycles. The van der Waals surface area contributed by atoms with Crippen molar-refractivity contribution in [2.45, 2.75) is 12.2 Å². The molecule has 0 radical (unpaired) electrons. The van der Waals surface area contributed by atoms with Crippen molar-refractivity contribution < 1.29 is 22.7 Å². The number of alkyl halides is 3. The zero-order valence-corrected chi connectivity index (χ0v) is 16.2. The van der Waals surface area contributed by atoms with E-state index < -0.39 is 29.3 Å². The maximum absolute atomic E-state index is 14.0. The second-order valence-electron chi connectivity index (χ2n) is 6.45. The fourth-order valence-corrected chi connectivity index (χ4v) is 3.40. The van der Waals surface area contributed by atoms with E-state index in [0.717, 1.165) is 6.33 Å². The Kier molecular flexibility index (Phi) is 4.98. The van der Waals surface area contributed by atoms with Gasteiger partial charge in [-0.05, 0) is 42.0 Å². The highest BCUT2D eigenvalue weighted by atomic mass is 35.5. The minimum absolute atomic E-state index is 0.0695. The quantitative estimate of drug-likeness (QED) is 0.605. The summed E-state index contributed by atoms with van der Waals surface area (Å²) >= 11 is 5.86. The maximum atomic E-state index is 14.0. The minimum atomic E-state index is -4.82. The van der Waals surface area contributed by atoms with Crippen LogP contribution in [0.3, 0.4) is 0 Å². The molecule has 1 atom stereocenters. The first kappa shape index (κ1) is 20.0. The molecule has 1 aliphatic rings. The predicted octanol–water partition coefficient (Wildman–Crippen LogP) is 4.65. The van der Waals surface area contributed by atoms with Crippen LogP contribution in [0, 0.1) is 0 Å². The molecule has 0 saturated carbocycles.